The van der Waals surface area contributed by atoms with Crippen molar-refractivity contribution in [1.82, 2.24) is 20.2 Å². The Kier molecular flexibility index (Phi) is 3.23. The summed E-state index contributed by atoms with van der Waals surface area (Å²) < 4.78 is 6.70. The molecule has 2 heterocycles. The van der Waals surface area contributed by atoms with E-state index < -0.39 is 0 Å². The molecule has 0 bridgehead atoms. The molecule has 1 amide bonds. The van der Waals surface area contributed by atoms with Crippen LogP contribution in [0.5, 0.6) is 0 Å². The molecule has 0 fully saturated rings. The third-order valence-electron chi connectivity index (χ3n) is 3.10. The number of benzene rings is 1. The number of tetrazole rings is 1. The Labute approximate surface area is 120 Å². The van der Waals surface area contributed by atoms with Crippen molar-refractivity contribution < 1.29 is 9.21 Å². The third kappa shape index (κ3) is 2.53. The summed E-state index contributed by atoms with van der Waals surface area (Å²) in [6.07, 6.45) is 1.49. The molecular formula is C14H13N5O2. The number of nitrogens with one attached hydrogen (secondary N) is 1. The van der Waals surface area contributed by atoms with Gasteiger partial charge in [-0.1, -0.05) is 12.1 Å². The maximum absolute atomic E-state index is 12.1. The Hall–Kier alpha value is -2.96. The number of carbonyl (C=O) groups is 1. The number of carbonyl (C=O) groups excluding carboxylic acids is 1. The van der Waals surface area contributed by atoms with Crippen LogP contribution in [-0.2, 0) is 7.05 Å². The highest BCUT2D eigenvalue weighted by Gasteiger charge is 2.12. The first-order valence-electron chi connectivity index (χ1n) is 6.33. The second-order valence-electron chi connectivity index (χ2n) is 4.55. The molecule has 3 aromatic rings. The predicted molar refractivity (Wildman–Crippen MR) is 75.6 cm³/mol. The number of aryl methyl sites for hydroxylation is 2. The molecule has 7 nitrogen and oxygen atoms in total. The van der Waals surface area contributed by atoms with E-state index in [0.29, 0.717) is 22.8 Å². The number of hydrogen-bond donors (Lipinski definition) is 1. The van der Waals surface area contributed by atoms with Gasteiger partial charge in [0.1, 0.15) is 5.76 Å². The second-order valence-corrected chi connectivity index (χ2v) is 4.55. The summed E-state index contributed by atoms with van der Waals surface area (Å²) in [5.74, 6) is 1.00. The Morgan fingerprint density at radius 2 is 2.19 bits per heavy atom. The summed E-state index contributed by atoms with van der Waals surface area (Å²) in [5.41, 5.74) is 2.01. The quantitative estimate of drug-likeness (QED) is 0.794. The molecule has 0 radical (unpaired) electrons. The Morgan fingerprint density at radius 1 is 1.33 bits per heavy atom. The fourth-order valence-corrected chi connectivity index (χ4v) is 2.03. The number of nitrogens with zero attached hydrogens (tertiary/aromatic N) is 4. The number of rotatable bonds is 3. The topological polar surface area (TPSA) is 85.8 Å². The molecule has 0 atom stereocenters. The van der Waals surface area contributed by atoms with E-state index in [4.69, 9.17) is 4.42 Å². The Balaban J connectivity index is 1.86. The number of furan rings is 1. The van der Waals surface area contributed by atoms with E-state index in [9.17, 15) is 4.79 Å². The molecule has 21 heavy (non-hydrogen) atoms. The van der Waals surface area contributed by atoms with Crippen molar-refractivity contribution in [1.29, 1.82) is 0 Å². The molecule has 7 heteroatoms. The van der Waals surface area contributed by atoms with Crippen molar-refractivity contribution in [2.45, 2.75) is 6.92 Å². The van der Waals surface area contributed by atoms with Gasteiger partial charge in [0, 0.05) is 18.3 Å². The lowest BCUT2D eigenvalue weighted by Crippen LogP contribution is -2.12. The molecule has 0 saturated heterocycles. The monoisotopic (exact) mass is 283 g/mol. The van der Waals surface area contributed by atoms with Crippen LogP contribution < -0.4 is 5.32 Å². The van der Waals surface area contributed by atoms with Crippen molar-refractivity contribution in [2.75, 3.05) is 5.32 Å². The minimum Gasteiger partial charge on any atom is -0.469 e. The lowest BCUT2D eigenvalue weighted by atomic mass is 10.1. The fourth-order valence-electron chi connectivity index (χ4n) is 2.03. The van der Waals surface area contributed by atoms with Crippen LogP contribution in [0.3, 0.4) is 0 Å². The smallest absolute Gasteiger partial charge is 0.259 e. The average molecular weight is 283 g/mol. The number of amides is 1. The van der Waals surface area contributed by atoms with E-state index in [1.54, 1.807) is 30.8 Å². The molecule has 2 aromatic heterocycles. The molecule has 0 spiro atoms. The minimum atomic E-state index is -0.213. The Morgan fingerprint density at radius 3 is 2.86 bits per heavy atom. The van der Waals surface area contributed by atoms with E-state index in [2.05, 4.69) is 20.8 Å². The zero-order valence-electron chi connectivity index (χ0n) is 11.6. The van der Waals surface area contributed by atoms with Gasteiger partial charge in [0.2, 0.25) is 0 Å². The normalized spacial score (nSPS) is 10.6. The molecule has 1 aromatic carbocycles. The van der Waals surface area contributed by atoms with Crippen LogP contribution in [0.25, 0.3) is 11.4 Å². The highest BCUT2D eigenvalue weighted by atomic mass is 16.3. The van der Waals surface area contributed by atoms with Crippen LogP contribution in [0.4, 0.5) is 5.69 Å². The first-order valence-corrected chi connectivity index (χ1v) is 6.33. The highest BCUT2D eigenvalue weighted by molar-refractivity contribution is 6.05. The minimum absolute atomic E-state index is 0.213. The summed E-state index contributed by atoms with van der Waals surface area (Å²) >= 11 is 0. The fraction of sp³-hybridized carbons (Fsp3) is 0.143. The van der Waals surface area contributed by atoms with Crippen molar-refractivity contribution in [3.8, 4) is 11.4 Å². The van der Waals surface area contributed by atoms with Crippen LogP contribution in [0.2, 0.25) is 0 Å². The average Bonchev–Trinajstić information content (AvgIpc) is 3.07. The molecule has 0 aliphatic heterocycles. The number of hydrogen-bond acceptors (Lipinski definition) is 5. The molecule has 106 valence electrons. The van der Waals surface area contributed by atoms with Gasteiger partial charge in [-0.2, -0.15) is 0 Å². The second kappa shape index (κ2) is 5.20. The van der Waals surface area contributed by atoms with Gasteiger partial charge < -0.3 is 9.73 Å². The van der Waals surface area contributed by atoms with Crippen LogP contribution in [0.15, 0.2) is 41.0 Å². The lowest BCUT2D eigenvalue weighted by molar-refractivity contribution is 0.102. The highest BCUT2D eigenvalue weighted by Crippen LogP contribution is 2.20. The van der Waals surface area contributed by atoms with Gasteiger partial charge >= 0.3 is 0 Å². The van der Waals surface area contributed by atoms with Gasteiger partial charge in [0.05, 0.1) is 11.8 Å². The summed E-state index contributed by atoms with van der Waals surface area (Å²) in [6, 6.07) is 8.98. The molecule has 0 saturated carbocycles. The largest absolute Gasteiger partial charge is 0.469 e. The SMILES string of the molecule is Cc1occc1C(=O)Nc1cccc(-c2nnnn2C)c1. The third-order valence-corrected chi connectivity index (χ3v) is 3.10. The van der Waals surface area contributed by atoms with E-state index >= 15 is 0 Å². The molecule has 0 unspecified atom stereocenters. The van der Waals surface area contributed by atoms with Crippen molar-refractivity contribution >= 4 is 11.6 Å². The van der Waals surface area contributed by atoms with Crippen molar-refractivity contribution in [3.05, 3.63) is 47.9 Å². The summed E-state index contributed by atoms with van der Waals surface area (Å²) in [5, 5.41) is 14.2. The van der Waals surface area contributed by atoms with Gasteiger partial charge in [0.15, 0.2) is 5.82 Å². The van der Waals surface area contributed by atoms with Gasteiger partial charge in [-0.25, -0.2) is 4.68 Å². The molecule has 0 aliphatic carbocycles. The van der Waals surface area contributed by atoms with Crippen molar-refractivity contribution in [3.63, 3.8) is 0 Å². The number of aromatic nitrogens is 4. The van der Waals surface area contributed by atoms with Crippen LogP contribution in [-0.4, -0.2) is 26.1 Å². The maximum atomic E-state index is 12.1. The van der Waals surface area contributed by atoms with Gasteiger partial charge in [0.25, 0.3) is 5.91 Å². The number of anilines is 1. The maximum Gasteiger partial charge on any atom is 0.259 e. The summed E-state index contributed by atoms with van der Waals surface area (Å²) in [4.78, 5) is 12.1. The molecule has 3 rings (SSSR count). The summed E-state index contributed by atoms with van der Waals surface area (Å²) in [7, 11) is 1.76. The van der Waals surface area contributed by atoms with Gasteiger partial charge in [-0.05, 0) is 35.5 Å². The Bertz CT molecular complexity index is 790. The van der Waals surface area contributed by atoms with Crippen molar-refractivity contribution in [2.24, 2.45) is 7.05 Å². The zero-order chi connectivity index (χ0) is 14.8. The van der Waals surface area contributed by atoms with Crippen LogP contribution in [0.1, 0.15) is 16.1 Å². The van der Waals surface area contributed by atoms with Gasteiger partial charge in [-0.3, -0.25) is 4.79 Å². The van der Waals surface area contributed by atoms with E-state index in [1.807, 2.05) is 18.2 Å². The van der Waals surface area contributed by atoms with E-state index in [0.717, 1.165) is 5.56 Å². The predicted octanol–water partition coefficient (Wildman–Crippen LogP) is 2.03. The van der Waals surface area contributed by atoms with Crippen LogP contribution >= 0.6 is 0 Å². The zero-order valence-corrected chi connectivity index (χ0v) is 11.6. The molecule has 0 aliphatic rings. The first kappa shape index (κ1) is 13.0. The van der Waals surface area contributed by atoms with E-state index in [-0.39, 0.29) is 5.91 Å². The molecule has 1 N–H and O–H groups in total. The van der Waals surface area contributed by atoms with E-state index in [1.165, 1.54) is 6.26 Å². The van der Waals surface area contributed by atoms with Gasteiger partial charge in [-0.15, -0.1) is 5.10 Å². The first-order chi connectivity index (χ1) is 10.1. The standard InChI is InChI=1S/C14H13N5O2/c1-9-12(6-7-21-9)14(20)15-11-5-3-4-10(8-11)13-16-17-18-19(13)2/h3-8H,1-2H3,(H,15,20). The molecular weight excluding hydrogens is 270 g/mol. The lowest BCUT2D eigenvalue weighted by Gasteiger charge is -2.06. The van der Waals surface area contributed by atoms with Crippen LogP contribution in [0, 0.1) is 6.92 Å². The summed E-state index contributed by atoms with van der Waals surface area (Å²) in [6.45, 7) is 1.75.